The van der Waals surface area contributed by atoms with E-state index in [9.17, 15) is 0 Å². The Morgan fingerprint density at radius 3 is 2.68 bits per heavy atom. The van der Waals surface area contributed by atoms with Gasteiger partial charge in [-0.05, 0) is 43.8 Å². The largest absolute Gasteiger partial charge is 0.311 e. The minimum atomic E-state index is 0.974. The maximum Gasteiger partial charge on any atom is 0.0300 e. The van der Waals surface area contributed by atoms with E-state index in [4.69, 9.17) is 0 Å². The minimum absolute atomic E-state index is 0.974. The number of thiophene rings is 1. The molecule has 4 heteroatoms. The van der Waals surface area contributed by atoms with Crippen molar-refractivity contribution in [1.82, 2.24) is 15.2 Å². The summed E-state index contributed by atoms with van der Waals surface area (Å²) >= 11 is 1.87. The number of likely N-dealkylation sites (N-methyl/N-ethyl adjacent to an activating group) is 1. The lowest BCUT2D eigenvalue weighted by Gasteiger charge is -2.16. The first-order chi connectivity index (χ1) is 9.24. The zero-order valence-corrected chi connectivity index (χ0v) is 12.4. The number of aryl methyl sites for hydroxylation is 1. The Kier molecular flexibility index (Phi) is 5.51. The van der Waals surface area contributed by atoms with E-state index in [1.807, 2.05) is 23.7 Å². The lowest BCUT2D eigenvalue weighted by molar-refractivity contribution is 0.324. The second-order valence-electron chi connectivity index (χ2n) is 4.78. The van der Waals surface area contributed by atoms with Crippen LogP contribution in [0, 0.1) is 6.92 Å². The molecule has 0 aliphatic heterocycles. The van der Waals surface area contributed by atoms with Crippen molar-refractivity contribution in [3.8, 4) is 0 Å². The van der Waals surface area contributed by atoms with Crippen molar-refractivity contribution in [2.75, 3.05) is 20.1 Å². The van der Waals surface area contributed by atoms with Gasteiger partial charge in [-0.3, -0.25) is 4.98 Å². The first-order valence-electron chi connectivity index (χ1n) is 6.57. The van der Waals surface area contributed by atoms with Gasteiger partial charge < -0.3 is 10.2 Å². The topological polar surface area (TPSA) is 28.2 Å². The standard InChI is InChI=1S/C15H21N3S/c1-13-3-4-15(19-13)11-17-9-10-18(2)12-14-5-7-16-8-6-14/h3-8,17H,9-12H2,1-2H3. The summed E-state index contributed by atoms with van der Waals surface area (Å²) in [6, 6.07) is 8.52. The molecule has 0 atom stereocenters. The molecule has 102 valence electrons. The van der Waals surface area contributed by atoms with Crippen LogP contribution in [0.15, 0.2) is 36.7 Å². The maximum atomic E-state index is 4.03. The van der Waals surface area contributed by atoms with Gasteiger partial charge in [0.1, 0.15) is 0 Å². The molecule has 0 aliphatic rings. The van der Waals surface area contributed by atoms with E-state index >= 15 is 0 Å². The fourth-order valence-corrected chi connectivity index (χ4v) is 2.80. The summed E-state index contributed by atoms with van der Waals surface area (Å²) in [5, 5.41) is 3.49. The van der Waals surface area contributed by atoms with Crippen molar-refractivity contribution in [3.63, 3.8) is 0 Å². The molecule has 1 N–H and O–H groups in total. The van der Waals surface area contributed by atoms with Crippen LogP contribution < -0.4 is 5.32 Å². The molecule has 3 nitrogen and oxygen atoms in total. The van der Waals surface area contributed by atoms with Gasteiger partial charge in [-0.1, -0.05) is 0 Å². The Balaban J connectivity index is 1.63. The molecular weight excluding hydrogens is 254 g/mol. The molecule has 0 saturated carbocycles. The summed E-state index contributed by atoms with van der Waals surface area (Å²) in [7, 11) is 2.15. The molecule has 0 aromatic carbocycles. The predicted molar refractivity (Wildman–Crippen MR) is 81.3 cm³/mol. The van der Waals surface area contributed by atoms with Gasteiger partial charge in [-0.2, -0.15) is 0 Å². The molecule has 0 aliphatic carbocycles. The van der Waals surface area contributed by atoms with Crippen molar-refractivity contribution in [2.45, 2.75) is 20.0 Å². The molecule has 2 heterocycles. The Labute approximate surface area is 119 Å². The third-order valence-electron chi connectivity index (χ3n) is 2.97. The van der Waals surface area contributed by atoms with Crippen LogP contribution >= 0.6 is 11.3 Å². The van der Waals surface area contributed by atoms with Crippen molar-refractivity contribution >= 4 is 11.3 Å². The second kappa shape index (κ2) is 7.38. The van der Waals surface area contributed by atoms with Gasteiger partial charge in [0.15, 0.2) is 0 Å². The normalized spacial score (nSPS) is 11.1. The highest BCUT2D eigenvalue weighted by Gasteiger charge is 2.00. The Bertz CT molecular complexity index is 481. The molecule has 0 unspecified atom stereocenters. The van der Waals surface area contributed by atoms with Crippen molar-refractivity contribution in [3.05, 3.63) is 52.0 Å². The lowest BCUT2D eigenvalue weighted by atomic mass is 10.2. The second-order valence-corrected chi connectivity index (χ2v) is 6.15. The minimum Gasteiger partial charge on any atom is -0.311 e. The number of rotatable bonds is 7. The lowest BCUT2D eigenvalue weighted by Crippen LogP contribution is -2.28. The van der Waals surface area contributed by atoms with Crippen LogP contribution in [0.5, 0.6) is 0 Å². The van der Waals surface area contributed by atoms with E-state index in [0.29, 0.717) is 0 Å². The zero-order valence-electron chi connectivity index (χ0n) is 11.6. The van der Waals surface area contributed by atoms with Crippen molar-refractivity contribution in [2.24, 2.45) is 0 Å². The van der Waals surface area contributed by atoms with E-state index < -0.39 is 0 Å². The van der Waals surface area contributed by atoms with Gasteiger partial charge in [0, 0.05) is 48.3 Å². The van der Waals surface area contributed by atoms with Crippen molar-refractivity contribution < 1.29 is 0 Å². The first-order valence-corrected chi connectivity index (χ1v) is 7.39. The highest BCUT2D eigenvalue weighted by atomic mass is 32.1. The van der Waals surface area contributed by atoms with Crippen LogP contribution in [0.25, 0.3) is 0 Å². The number of hydrogen-bond donors (Lipinski definition) is 1. The number of nitrogens with one attached hydrogen (secondary N) is 1. The van der Waals surface area contributed by atoms with Crippen LogP contribution in [0.2, 0.25) is 0 Å². The highest BCUT2D eigenvalue weighted by Crippen LogP contribution is 2.14. The number of aromatic nitrogens is 1. The van der Waals surface area contributed by atoms with Gasteiger partial charge in [0.25, 0.3) is 0 Å². The van der Waals surface area contributed by atoms with E-state index in [0.717, 1.165) is 26.2 Å². The molecule has 0 spiro atoms. The maximum absolute atomic E-state index is 4.03. The zero-order chi connectivity index (χ0) is 13.5. The van der Waals surface area contributed by atoms with Gasteiger partial charge in [0.05, 0.1) is 0 Å². The fourth-order valence-electron chi connectivity index (χ4n) is 1.94. The predicted octanol–water partition coefficient (Wildman–Crippen LogP) is 2.67. The fraction of sp³-hybridized carbons (Fsp3) is 0.400. The number of hydrogen-bond acceptors (Lipinski definition) is 4. The molecule has 2 aromatic heterocycles. The van der Waals surface area contributed by atoms with Crippen LogP contribution in [0.3, 0.4) is 0 Å². The van der Waals surface area contributed by atoms with Gasteiger partial charge in [0.2, 0.25) is 0 Å². The Hall–Kier alpha value is -1.23. The van der Waals surface area contributed by atoms with Crippen LogP contribution in [-0.2, 0) is 13.1 Å². The van der Waals surface area contributed by atoms with E-state index in [1.54, 1.807) is 0 Å². The molecule has 0 bridgehead atoms. The number of pyridine rings is 1. The summed E-state index contributed by atoms with van der Waals surface area (Å²) in [4.78, 5) is 9.15. The van der Waals surface area contributed by atoms with Crippen molar-refractivity contribution in [1.29, 1.82) is 0 Å². The van der Waals surface area contributed by atoms with Gasteiger partial charge in [-0.15, -0.1) is 11.3 Å². The average molecular weight is 275 g/mol. The molecule has 0 fully saturated rings. The quantitative estimate of drug-likeness (QED) is 0.788. The monoisotopic (exact) mass is 275 g/mol. The SMILES string of the molecule is Cc1ccc(CNCCN(C)Cc2ccncc2)s1. The van der Waals surface area contributed by atoms with Gasteiger partial charge >= 0.3 is 0 Å². The van der Waals surface area contributed by atoms with Crippen LogP contribution in [0.1, 0.15) is 15.3 Å². The molecule has 2 aromatic rings. The summed E-state index contributed by atoms with van der Waals surface area (Å²) in [5.74, 6) is 0. The molecule has 0 amide bonds. The summed E-state index contributed by atoms with van der Waals surface area (Å²) < 4.78 is 0. The summed E-state index contributed by atoms with van der Waals surface area (Å²) in [6.45, 7) is 6.16. The molecular formula is C15H21N3S. The Morgan fingerprint density at radius 1 is 1.21 bits per heavy atom. The van der Waals surface area contributed by atoms with E-state index in [2.05, 4.69) is 53.4 Å². The summed E-state index contributed by atoms with van der Waals surface area (Å²) in [6.07, 6.45) is 3.70. The van der Waals surface area contributed by atoms with E-state index in [1.165, 1.54) is 15.3 Å². The van der Waals surface area contributed by atoms with E-state index in [-0.39, 0.29) is 0 Å². The third kappa shape index (κ3) is 5.11. The summed E-state index contributed by atoms with van der Waals surface area (Å²) in [5.41, 5.74) is 1.31. The molecule has 0 radical (unpaired) electrons. The van der Waals surface area contributed by atoms with Crippen LogP contribution in [0.4, 0.5) is 0 Å². The molecule has 0 saturated heterocycles. The third-order valence-corrected chi connectivity index (χ3v) is 3.97. The van der Waals surface area contributed by atoms with Crippen LogP contribution in [-0.4, -0.2) is 30.0 Å². The number of nitrogens with zero attached hydrogens (tertiary/aromatic N) is 2. The smallest absolute Gasteiger partial charge is 0.0300 e. The highest BCUT2D eigenvalue weighted by molar-refractivity contribution is 7.11. The average Bonchev–Trinajstić information content (AvgIpc) is 2.82. The molecule has 19 heavy (non-hydrogen) atoms. The van der Waals surface area contributed by atoms with Gasteiger partial charge in [-0.25, -0.2) is 0 Å². The first kappa shape index (κ1) is 14.2. The Morgan fingerprint density at radius 2 is 2.00 bits per heavy atom. The molecule has 2 rings (SSSR count).